The molecule has 0 N–H and O–H groups in total. The third-order valence-electron chi connectivity index (χ3n) is 6.84. The van der Waals surface area contributed by atoms with Crippen LogP contribution in [0.5, 0.6) is 0 Å². The summed E-state index contributed by atoms with van der Waals surface area (Å²) >= 11 is 10.3. The van der Waals surface area contributed by atoms with Gasteiger partial charge in [0.05, 0.1) is 39.6 Å². The predicted molar refractivity (Wildman–Crippen MR) is 140 cm³/mol. The number of nitrogens with zero attached hydrogens (tertiary/aromatic N) is 3. The Morgan fingerprint density at radius 3 is 1.82 bits per heavy atom. The van der Waals surface area contributed by atoms with Crippen molar-refractivity contribution in [3.63, 3.8) is 0 Å². The zero-order valence-corrected chi connectivity index (χ0v) is 22.4. The van der Waals surface area contributed by atoms with E-state index in [9.17, 15) is 0 Å². The van der Waals surface area contributed by atoms with Gasteiger partial charge in [-0.25, -0.2) is 0 Å². The molecular weight excluding hydrogens is 521 g/mol. The van der Waals surface area contributed by atoms with Gasteiger partial charge in [-0.3, -0.25) is 9.34 Å². The molecule has 0 atom stereocenters. The maximum Gasteiger partial charge on any atom is 0.105 e. The molecule has 1 aliphatic carbocycles. The lowest BCUT2D eigenvalue weighted by Gasteiger charge is -2.47. The normalized spacial score (nSPS) is 25.2. The minimum Gasteiger partial charge on any atom is -0.379 e. The summed E-state index contributed by atoms with van der Waals surface area (Å²) in [5, 5.41) is 1.49. The van der Waals surface area contributed by atoms with Crippen molar-refractivity contribution in [1.29, 1.82) is 0 Å². The van der Waals surface area contributed by atoms with Crippen molar-refractivity contribution in [2.75, 3.05) is 78.9 Å². The molecule has 3 heterocycles. The van der Waals surface area contributed by atoms with Crippen molar-refractivity contribution in [3.8, 4) is 0 Å². The fraction of sp³-hybridized carbons (Fsp3) is 0.583. The lowest BCUT2D eigenvalue weighted by molar-refractivity contribution is 0.0539. The summed E-state index contributed by atoms with van der Waals surface area (Å²) < 4.78 is 23.5. The van der Waals surface area contributed by atoms with Crippen molar-refractivity contribution in [2.45, 2.75) is 12.8 Å². The van der Waals surface area contributed by atoms with E-state index in [1.54, 1.807) is 0 Å². The maximum atomic E-state index is 6.79. The molecule has 0 spiro atoms. The van der Waals surface area contributed by atoms with E-state index in [4.69, 9.17) is 26.0 Å². The van der Waals surface area contributed by atoms with Crippen LogP contribution in [0.25, 0.3) is 6.08 Å². The summed E-state index contributed by atoms with van der Waals surface area (Å²) in [4.78, 5) is 2.55. The molecule has 0 saturated carbocycles. The summed E-state index contributed by atoms with van der Waals surface area (Å²) in [5.74, 6) is 0. The van der Waals surface area contributed by atoms with Gasteiger partial charge in [-0.1, -0.05) is 39.9 Å². The average Bonchev–Trinajstić information content (AvgIpc) is 3.30. The van der Waals surface area contributed by atoms with Gasteiger partial charge in [0, 0.05) is 54.8 Å². The first-order valence-electron chi connectivity index (χ1n) is 12.0. The number of hydrogen-bond acceptors (Lipinski definition) is 5. The average molecular weight is 554 g/mol. The van der Waals surface area contributed by atoms with Gasteiger partial charge in [0.1, 0.15) is 6.34 Å². The monoisotopic (exact) mass is 553 g/mol. The summed E-state index contributed by atoms with van der Waals surface area (Å²) in [6.45, 7) is 10.2. The van der Waals surface area contributed by atoms with Crippen LogP contribution in [0.4, 0.5) is 0 Å². The van der Waals surface area contributed by atoms with Gasteiger partial charge in [0.2, 0.25) is 0 Å². The molecule has 4 aliphatic rings. The quantitative estimate of drug-likeness (QED) is 0.507. The first-order chi connectivity index (χ1) is 16.2. The van der Waals surface area contributed by atoms with Crippen molar-refractivity contribution in [2.24, 2.45) is 0 Å². The van der Waals surface area contributed by atoms with Crippen LogP contribution in [0.1, 0.15) is 18.4 Å². The minimum absolute atomic E-state index is 0.768. The Labute approximate surface area is 210 Å². The third kappa shape index (κ3) is 5.19. The van der Waals surface area contributed by atoms with E-state index in [-0.39, 0.29) is 0 Å². The molecule has 1 aromatic rings. The summed E-state index contributed by atoms with van der Waals surface area (Å²) in [5.41, 5.74) is 4.07. The molecule has 0 bridgehead atoms. The van der Waals surface area contributed by atoms with Gasteiger partial charge in [0.25, 0.3) is 0 Å². The molecule has 3 aliphatic heterocycles. The van der Waals surface area contributed by atoms with Crippen LogP contribution in [-0.2, 0) is 26.0 Å². The predicted octanol–water partition coefficient (Wildman–Crippen LogP) is 4.14. The topological polar surface area (TPSA) is 37.4 Å². The SMILES string of the molecule is S=P(C1=C(N2CCOCC2)/C(=C/c2ccc(Br)cc2)CC1)(N1CCOCC1)N1CCOCC1. The Kier molecular flexibility index (Phi) is 8.05. The molecule has 180 valence electrons. The Morgan fingerprint density at radius 1 is 0.758 bits per heavy atom. The number of ether oxygens (including phenoxy) is 3. The molecule has 0 aromatic heterocycles. The van der Waals surface area contributed by atoms with Crippen LogP contribution >= 0.6 is 22.3 Å². The van der Waals surface area contributed by atoms with E-state index in [1.165, 1.54) is 22.1 Å². The zero-order valence-electron chi connectivity index (χ0n) is 19.1. The Bertz CT molecular complexity index is 915. The fourth-order valence-corrected chi connectivity index (χ4v) is 10.4. The Hall–Kier alpha value is -0.570. The Morgan fingerprint density at radius 2 is 1.27 bits per heavy atom. The smallest absolute Gasteiger partial charge is 0.105 e. The number of rotatable bonds is 5. The number of benzene rings is 1. The van der Waals surface area contributed by atoms with Gasteiger partial charge in [0.15, 0.2) is 0 Å². The second kappa shape index (κ2) is 11.0. The first kappa shape index (κ1) is 24.1. The van der Waals surface area contributed by atoms with E-state index in [1.807, 2.05) is 0 Å². The summed E-state index contributed by atoms with van der Waals surface area (Å²) in [6.07, 6.45) is 2.37. The molecule has 0 amide bonds. The lowest BCUT2D eigenvalue weighted by atomic mass is 10.1. The first-order valence-corrected chi connectivity index (χ1v) is 15.5. The third-order valence-corrected chi connectivity index (χ3v) is 12.9. The van der Waals surface area contributed by atoms with E-state index in [2.05, 4.69) is 60.5 Å². The number of hydrogen-bond donors (Lipinski definition) is 0. The molecular formula is C24H33BrN3O3PS. The molecule has 1 aromatic carbocycles. The second-order valence-electron chi connectivity index (χ2n) is 8.79. The Balaban J connectivity index is 1.60. The van der Waals surface area contributed by atoms with Crippen LogP contribution < -0.4 is 0 Å². The van der Waals surface area contributed by atoms with Crippen LogP contribution in [-0.4, -0.2) is 93.2 Å². The molecule has 5 rings (SSSR count). The van der Waals surface area contributed by atoms with Crippen molar-refractivity contribution in [1.82, 2.24) is 14.2 Å². The molecule has 3 fully saturated rings. The molecule has 6 nitrogen and oxygen atoms in total. The zero-order chi connectivity index (χ0) is 22.7. The molecule has 0 unspecified atom stereocenters. The highest BCUT2D eigenvalue weighted by molar-refractivity contribution is 9.10. The molecule has 33 heavy (non-hydrogen) atoms. The lowest BCUT2D eigenvalue weighted by Crippen LogP contribution is -2.44. The number of allylic oxidation sites excluding steroid dienone is 2. The highest BCUT2D eigenvalue weighted by Crippen LogP contribution is 2.66. The van der Waals surface area contributed by atoms with Crippen molar-refractivity contribution >= 4 is 40.2 Å². The summed E-state index contributed by atoms with van der Waals surface area (Å²) in [6, 6.07) is 8.61. The second-order valence-corrected chi connectivity index (χ2v) is 14.0. The molecule has 9 heteroatoms. The van der Waals surface area contributed by atoms with Crippen LogP contribution in [0.15, 0.2) is 45.3 Å². The number of morpholine rings is 3. The van der Waals surface area contributed by atoms with Gasteiger partial charge in [-0.2, -0.15) is 0 Å². The minimum atomic E-state index is -2.10. The highest BCUT2D eigenvalue weighted by Gasteiger charge is 2.42. The van der Waals surface area contributed by atoms with Gasteiger partial charge in [-0.15, -0.1) is 0 Å². The largest absolute Gasteiger partial charge is 0.379 e. The van der Waals surface area contributed by atoms with E-state index in [0.29, 0.717) is 0 Å². The van der Waals surface area contributed by atoms with E-state index in [0.717, 1.165) is 96.2 Å². The van der Waals surface area contributed by atoms with Crippen molar-refractivity contribution in [3.05, 3.63) is 50.9 Å². The van der Waals surface area contributed by atoms with E-state index < -0.39 is 6.34 Å². The fourth-order valence-electron chi connectivity index (χ4n) is 5.20. The summed E-state index contributed by atoms with van der Waals surface area (Å²) in [7, 11) is 0. The molecule has 0 radical (unpaired) electrons. The standard InChI is InChI=1S/C24H33BrN3O3PS/c25-22-4-1-20(2-5-22)19-21-3-6-23(24(21)26-7-13-29-14-8-26)32(33,27-9-15-30-16-10-27)28-11-17-31-18-12-28/h1-2,4-5,19H,3,6-18H2/b21-19+. The number of halogens is 1. The van der Waals surface area contributed by atoms with Crippen LogP contribution in [0, 0.1) is 0 Å². The van der Waals surface area contributed by atoms with Crippen LogP contribution in [0.2, 0.25) is 0 Å². The van der Waals surface area contributed by atoms with Crippen molar-refractivity contribution < 1.29 is 14.2 Å². The highest BCUT2D eigenvalue weighted by atomic mass is 79.9. The van der Waals surface area contributed by atoms with Gasteiger partial charge >= 0.3 is 0 Å². The van der Waals surface area contributed by atoms with E-state index >= 15 is 0 Å². The van der Waals surface area contributed by atoms with Gasteiger partial charge in [-0.05, 0) is 42.2 Å². The maximum absolute atomic E-state index is 6.79. The van der Waals surface area contributed by atoms with Crippen LogP contribution in [0.3, 0.4) is 0 Å². The molecule has 3 saturated heterocycles. The van der Waals surface area contributed by atoms with Gasteiger partial charge < -0.3 is 19.1 Å².